The molecule has 0 rings (SSSR count). The van der Waals surface area contributed by atoms with Gasteiger partial charge in [-0.15, -0.1) is 0 Å². The van der Waals surface area contributed by atoms with Crippen LogP contribution >= 0.6 is 0 Å². The van der Waals surface area contributed by atoms with Crippen molar-refractivity contribution in [1.29, 1.82) is 0 Å². The van der Waals surface area contributed by atoms with E-state index in [-0.39, 0.29) is 0 Å². The van der Waals surface area contributed by atoms with Crippen LogP contribution in [0.25, 0.3) is 0 Å². The normalized spacial score (nSPS) is 14.6. The van der Waals surface area contributed by atoms with Crippen LogP contribution in [0.15, 0.2) is 0 Å². The minimum Gasteiger partial charge on any atom is -0.380 e. The number of nitrogens with zero attached hydrogens (tertiary/aromatic N) is 1. The first-order valence-electron chi connectivity index (χ1n) is 8.70. The minimum atomic E-state index is 0.323. The molecule has 1 unspecified atom stereocenters. The first-order valence-corrected chi connectivity index (χ1v) is 8.70. The van der Waals surface area contributed by atoms with E-state index in [0.29, 0.717) is 5.41 Å². The third-order valence-corrected chi connectivity index (χ3v) is 3.77. The predicted molar refractivity (Wildman–Crippen MR) is 91.0 cm³/mol. The van der Waals surface area contributed by atoms with Gasteiger partial charge in [0.1, 0.15) is 0 Å². The molecule has 4 heteroatoms. The van der Waals surface area contributed by atoms with Gasteiger partial charge in [-0.3, -0.25) is 4.90 Å². The highest BCUT2D eigenvalue weighted by molar-refractivity contribution is 4.80. The zero-order valence-electron chi connectivity index (χ0n) is 15.0. The monoisotopic (exact) mass is 302 g/mol. The lowest BCUT2D eigenvalue weighted by atomic mass is 9.84. The molecule has 0 spiro atoms. The number of ether oxygens (including phenoxy) is 2. The lowest BCUT2D eigenvalue weighted by Crippen LogP contribution is -2.44. The van der Waals surface area contributed by atoms with Gasteiger partial charge in [-0.1, -0.05) is 27.2 Å². The molecular formula is C17H38N2O2. The molecule has 0 bridgehead atoms. The van der Waals surface area contributed by atoms with Crippen LogP contribution in [0, 0.1) is 5.41 Å². The molecule has 0 aliphatic rings. The Hall–Kier alpha value is -0.160. The van der Waals surface area contributed by atoms with Gasteiger partial charge < -0.3 is 14.8 Å². The molecule has 0 saturated carbocycles. The molecule has 21 heavy (non-hydrogen) atoms. The van der Waals surface area contributed by atoms with E-state index in [1.54, 1.807) is 0 Å². The largest absolute Gasteiger partial charge is 0.380 e. The molecule has 0 saturated heterocycles. The highest BCUT2D eigenvalue weighted by Gasteiger charge is 2.25. The van der Waals surface area contributed by atoms with Crippen molar-refractivity contribution < 1.29 is 9.47 Å². The Balaban J connectivity index is 4.45. The van der Waals surface area contributed by atoms with Crippen molar-refractivity contribution in [2.75, 3.05) is 59.2 Å². The fourth-order valence-corrected chi connectivity index (χ4v) is 2.74. The molecule has 0 fully saturated rings. The fourth-order valence-electron chi connectivity index (χ4n) is 2.74. The maximum absolute atomic E-state index is 5.53. The molecule has 1 atom stereocenters. The molecule has 0 aromatic rings. The van der Waals surface area contributed by atoms with Gasteiger partial charge in [-0.05, 0) is 32.2 Å². The number of nitrogens with one attached hydrogen (secondary N) is 1. The fraction of sp³-hybridized carbons (Fsp3) is 1.00. The lowest BCUT2D eigenvalue weighted by molar-refractivity contribution is 0.0595. The van der Waals surface area contributed by atoms with Crippen LogP contribution in [-0.2, 0) is 9.47 Å². The Morgan fingerprint density at radius 2 is 1.52 bits per heavy atom. The van der Waals surface area contributed by atoms with Gasteiger partial charge in [0, 0.05) is 39.4 Å². The van der Waals surface area contributed by atoms with Crippen molar-refractivity contribution in [3.05, 3.63) is 0 Å². The Morgan fingerprint density at radius 3 is 1.95 bits per heavy atom. The van der Waals surface area contributed by atoms with Gasteiger partial charge in [0.15, 0.2) is 0 Å². The molecule has 0 amide bonds. The average Bonchev–Trinajstić information content (AvgIpc) is 2.46. The standard InChI is InChI=1S/C17H38N2O2/c1-6-10-17(5,15-18-7-2)16-19(11-13-20-8-3)12-14-21-9-4/h18H,6-16H2,1-5H3. The predicted octanol–water partition coefficient (Wildman–Crippen LogP) is 2.78. The SMILES string of the molecule is CCCC(C)(CNCC)CN(CCOCC)CCOCC. The average molecular weight is 303 g/mol. The molecule has 0 aromatic carbocycles. The van der Waals surface area contributed by atoms with Crippen molar-refractivity contribution in [2.24, 2.45) is 5.41 Å². The third kappa shape index (κ3) is 11.1. The Labute approximate surface area is 132 Å². The van der Waals surface area contributed by atoms with Gasteiger partial charge >= 0.3 is 0 Å². The number of hydrogen-bond acceptors (Lipinski definition) is 4. The summed E-state index contributed by atoms with van der Waals surface area (Å²) in [6.07, 6.45) is 2.48. The summed E-state index contributed by atoms with van der Waals surface area (Å²) in [5.41, 5.74) is 0.323. The summed E-state index contributed by atoms with van der Waals surface area (Å²) in [7, 11) is 0. The van der Waals surface area contributed by atoms with Gasteiger partial charge in [0.25, 0.3) is 0 Å². The third-order valence-electron chi connectivity index (χ3n) is 3.77. The van der Waals surface area contributed by atoms with Crippen molar-refractivity contribution in [3.63, 3.8) is 0 Å². The van der Waals surface area contributed by atoms with Crippen LogP contribution in [0.1, 0.15) is 47.5 Å². The van der Waals surface area contributed by atoms with E-state index in [1.165, 1.54) is 12.8 Å². The van der Waals surface area contributed by atoms with Crippen LogP contribution in [0.4, 0.5) is 0 Å². The van der Waals surface area contributed by atoms with Crippen LogP contribution in [0.3, 0.4) is 0 Å². The molecule has 128 valence electrons. The van der Waals surface area contributed by atoms with Crippen LogP contribution in [-0.4, -0.2) is 64.1 Å². The van der Waals surface area contributed by atoms with Crippen LogP contribution < -0.4 is 5.32 Å². The van der Waals surface area contributed by atoms with Gasteiger partial charge in [-0.2, -0.15) is 0 Å². The quantitative estimate of drug-likeness (QED) is 0.472. The van der Waals surface area contributed by atoms with Crippen LogP contribution in [0.2, 0.25) is 0 Å². The molecular weight excluding hydrogens is 264 g/mol. The molecule has 0 radical (unpaired) electrons. The highest BCUT2D eigenvalue weighted by atomic mass is 16.5. The van der Waals surface area contributed by atoms with E-state index in [1.807, 2.05) is 0 Å². The second-order valence-corrected chi connectivity index (χ2v) is 6.01. The maximum Gasteiger partial charge on any atom is 0.0593 e. The Bertz CT molecular complexity index is 217. The summed E-state index contributed by atoms with van der Waals surface area (Å²) in [5, 5.41) is 3.52. The van der Waals surface area contributed by atoms with Crippen molar-refractivity contribution in [1.82, 2.24) is 10.2 Å². The van der Waals surface area contributed by atoms with Gasteiger partial charge in [-0.25, -0.2) is 0 Å². The zero-order chi connectivity index (χ0) is 16.0. The topological polar surface area (TPSA) is 33.7 Å². The van der Waals surface area contributed by atoms with Crippen molar-refractivity contribution in [2.45, 2.75) is 47.5 Å². The molecule has 0 heterocycles. The smallest absolute Gasteiger partial charge is 0.0593 e. The van der Waals surface area contributed by atoms with Gasteiger partial charge in [0.2, 0.25) is 0 Å². The maximum atomic E-state index is 5.53. The second kappa shape index (κ2) is 13.5. The van der Waals surface area contributed by atoms with Gasteiger partial charge in [0.05, 0.1) is 13.2 Å². The summed E-state index contributed by atoms with van der Waals surface area (Å²) in [6.45, 7) is 19.4. The molecule has 0 aromatic heterocycles. The Morgan fingerprint density at radius 1 is 0.952 bits per heavy atom. The van der Waals surface area contributed by atoms with Crippen LogP contribution in [0.5, 0.6) is 0 Å². The summed E-state index contributed by atoms with van der Waals surface area (Å²) in [6, 6.07) is 0. The first kappa shape index (κ1) is 20.8. The van der Waals surface area contributed by atoms with Crippen molar-refractivity contribution in [3.8, 4) is 0 Å². The second-order valence-electron chi connectivity index (χ2n) is 6.01. The highest BCUT2D eigenvalue weighted by Crippen LogP contribution is 2.24. The Kier molecular flexibility index (Phi) is 13.4. The molecule has 4 nitrogen and oxygen atoms in total. The first-order chi connectivity index (χ1) is 10.1. The molecule has 1 N–H and O–H groups in total. The molecule has 0 aliphatic heterocycles. The summed E-state index contributed by atoms with van der Waals surface area (Å²) in [4.78, 5) is 2.50. The number of hydrogen-bond donors (Lipinski definition) is 1. The summed E-state index contributed by atoms with van der Waals surface area (Å²) >= 11 is 0. The van der Waals surface area contributed by atoms with E-state index in [0.717, 1.165) is 59.2 Å². The number of rotatable bonds is 15. The van der Waals surface area contributed by atoms with Crippen molar-refractivity contribution >= 4 is 0 Å². The van der Waals surface area contributed by atoms with E-state index >= 15 is 0 Å². The van der Waals surface area contributed by atoms with E-state index in [9.17, 15) is 0 Å². The minimum absolute atomic E-state index is 0.323. The lowest BCUT2D eigenvalue weighted by Gasteiger charge is -2.36. The van der Waals surface area contributed by atoms with E-state index < -0.39 is 0 Å². The van der Waals surface area contributed by atoms with E-state index in [4.69, 9.17) is 9.47 Å². The summed E-state index contributed by atoms with van der Waals surface area (Å²) < 4.78 is 11.1. The zero-order valence-corrected chi connectivity index (χ0v) is 15.0. The van der Waals surface area contributed by atoms with E-state index in [2.05, 4.69) is 44.8 Å². The summed E-state index contributed by atoms with van der Waals surface area (Å²) in [5.74, 6) is 0. The molecule has 0 aliphatic carbocycles.